The van der Waals surface area contributed by atoms with Gasteiger partial charge in [-0.2, -0.15) is 5.10 Å². The van der Waals surface area contributed by atoms with Crippen LogP contribution in [0.2, 0.25) is 0 Å². The lowest BCUT2D eigenvalue weighted by molar-refractivity contribution is 0.123. The Balaban J connectivity index is 2.94. The molecule has 10 nitrogen and oxygen atoms in total. The average molecular weight is 287 g/mol. The van der Waals surface area contributed by atoms with E-state index < -0.39 is 26.7 Å². The van der Waals surface area contributed by atoms with Crippen LogP contribution in [0.25, 0.3) is 0 Å². The fourth-order valence-electron chi connectivity index (χ4n) is 1.10. The van der Waals surface area contributed by atoms with E-state index in [1.807, 2.05) is 0 Å². The van der Waals surface area contributed by atoms with Crippen LogP contribution in [0, 0.1) is 0 Å². The highest BCUT2D eigenvalue weighted by Gasteiger charge is 2.58. The number of hydrogen-bond donors (Lipinski definition) is 6. The van der Waals surface area contributed by atoms with Gasteiger partial charge in [0.05, 0.1) is 0 Å². The van der Waals surface area contributed by atoms with Crippen molar-refractivity contribution in [3.8, 4) is 0 Å². The molecule has 1 heterocycles. The third-order valence-corrected chi connectivity index (χ3v) is 5.96. The monoisotopic (exact) mass is 287 g/mol. The highest BCUT2D eigenvalue weighted by atomic mass is 31.2. The summed E-state index contributed by atoms with van der Waals surface area (Å²) in [6, 6.07) is 0. The summed E-state index contributed by atoms with van der Waals surface area (Å²) in [4.78, 5) is 38.9. The SMILES string of the molecule is O=P(O)(O)C(O)(CCc1nc[nH]n1)P(=O)(O)O. The molecule has 12 heteroatoms. The molecule has 0 aliphatic rings. The summed E-state index contributed by atoms with van der Waals surface area (Å²) in [5.74, 6) is 0.0744. The highest BCUT2D eigenvalue weighted by Crippen LogP contribution is 2.69. The maximum absolute atomic E-state index is 11.0. The van der Waals surface area contributed by atoms with Crippen molar-refractivity contribution < 1.29 is 33.8 Å². The smallest absolute Gasteiger partial charge is 0.368 e. The van der Waals surface area contributed by atoms with Crippen molar-refractivity contribution in [2.75, 3.05) is 0 Å². The number of H-pyrrole nitrogens is 1. The van der Waals surface area contributed by atoms with Gasteiger partial charge < -0.3 is 24.7 Å². The predicted molar refractivity (Wildman–Crippen MR) is 53.7 cm³/mol. The van der Waals surface area contributed by atoms with E-state index in [1.54, 1.807) is 0 Å². The lowest BCUT2D eigenvalue weighted by Gasteiger charge is -2.28. The van der Waals surface area contributed by atoms with Gasteiger partial charge in [0.15, 0.2) is 0 Å². The second-order valence-corrected chi connectivity index (χ2v) is 7.29. The highest BCUT2D eigenvalue weighted by molar-refractivity contribution is 7.72. The van der Waals surface area contributed by atoms with Crippen LogP contribution >= 0.6 is 15.2 Å². The molecule has 0 aliphatic carbocycles. The molecule has 1 rings (SSSR count). The Hall–Kier alpha value is -0.600. The third-order valence-electron chi connectivity index (χ3n) is 2.08. The molecule has 98 valence electrons. The molecule has 0 saturated carbocycles. The zero-order chi connectivity index (χ0) is 13.3. The number of hydrogen-bond acceptors (Lipinski definition) is 5. The van der Waals surface area contributed by atoms with E-state index in [9.17, 15) is 14.2 Å². The number of aliphatic hydroxyl groups is 1. The Bertz CT molecular complexity index is 440. The maximum Gasteiger partial charge on any atom is 0.369 e. The van der Waals surface area contributed by atoms with Gasteiger partial charge in [-0.3, -0.25) is 14.2 Å². The van der Waals surface area contributed by atoms with E-state index in [2.05, 4.69) is 15.2 Å². The number of nitrogens with zero attached hydrogens (tertiary/aromatic N) is 2. The molecule has 1 aromatic rings. The van der Waals surface area contributed by atoms with Crippen LogP contribution in [0.1, 0.15) is 12.2 Å². The summed E-state index contributed by atoms with van der Waals surface area (Å²) in [6.45, 7) is 0. The van der Waals surface area contributed by atoms with Crippen LogP contribution in [0.4, 0.5) is 0 Å². The number of aryl methyl sites for hydroxylation is 1. The molecule has 0 aliphatic heterocycles. The summed E-state index contributed by atoms with van der Waals surface area (Å²) in [5, 5.41) is 11.9. The Labute approximate surface area is 95.0 Å². The van der Waals surface area contributed by atoms with Gasteiger partial charge in [0.25, 0.3) is 5.08 Å². The Morgan fingerprint density at radius 1 is 1.24 bits per heavy atom. The number of rotatable bonds is 5. The largest absolute Gasteiger partial charge is 0.369 e. The fourth-order valence-corrected chi connectivity index (χ4v) is 3.26. The van der Waals surface area contributed by atoms with Crippen molar-refractivity contribution >= 4 is 15.2 Å². The first kappa shape index (κ1) is 14.5. The molecule has 0 atom stereocenters. The van der Waals surface area contributed by atoms with Gasteiger partial charge in [-0.25, -0.2) is 4.98 Å². The lowest BCUT2D eigenvalue weighted by Crippen LogP contribution is -2.29. The second kappa shape index (κ2) is 4.58. The molecule has 0 radical (unpaired) electrons. The number of aromatic nitrogens is 3. The van der Waals surface area contributed by atoms with E-state index in [1.165, 1.54) is 6.33 Å². The molecule has 6 N–H and O–H groups in total. The first-order chi connectivity index (χ1) is 7.58. The minimum Gasteiger partial charge on any atom is -0.368 e. The molecule has 17 heavy (non-hydrogen) atoms. The standard InChI is InChI=1S/C5H11N3O7P2/c9-5(16(10,11)12,17(13,14)15)2-1-4-6-3-7-8-4/h3,9H,1-2H2,(H,6,7,8)(H2,10,11,12)(H2,13,14,15). The first-order valence-electron chi connectivity index (χ1n) is 4.26. The molecule has 0 bridgehead atoms. The van der Waals surface area contributed by atoms with E-state index in [-0.39, 0.29) is 12.2 Å². The number of aromatic amines is 1. The van der Waals surface area contributed by atoms with Crippen LogP contribution in [-0.2, 0) is 15.6 Å². The summed E-state index contributed by atoms with van der Waals surface area (Å²) in [5.41, 5.74) is 0. The van der Waals surface area contributed by atoms with Gasteiger partial charge in [-0.05, 0) is 0 Å². The van der Waals surface area contributed by atoms with Crippen LogP contribution in [0.15, 0.2) is 6.33 Å². The minimum absolute atomic E-state index is 0.0744. The van der Waals surface area contributed by atoms with Gasteiger partial charge in [0, 0.05) is 12.8 Å². The van der Waals surface area contributed by atoms with Gasteiger partial charge in [0.2, 0.25) is 0 Å². The Morgan fingerprint density at radius 3 is 2.12 bits per heavy atom. The molecule has 0 unspecified atom stereocenters. The zero-order valence-corrected chi connectivity index (χ0v) is 10.1. The predicted octanol–water partition coefficient (Wildman–Crippen LogP) is -1.26. The van der Waals surface area contributed by atoms with Crippen molar-refractivity contribution in [3.63, 3.8) is 0 Å². The van der Waals surface area contributed by atoms with E-state index in [0.717, 1.165) is 0 Å². The van der Waals surface area contributed by atoms with Gasteiger partial charge >= 0.3 is 15.2 Å². The quantitative estimate of drug-likeness (QED) is 0.360. The molecule has 0 fully saturated rings. The van der Waals surface area contributed by atoms with Gasteiger partial charge in [0.1, 0.15) is 12.2 Å². The van der Waals surface area contributed by atoms with Crippen LogP contribution in [-0.4, -0.2) is 44.9 Å². The maximum atomic E-state index is 11.0. The van der Waals surface area contributed by atoms with Gasteiger partial charge in [-0.15, -0.1) is 0 Å². The van der Waals surface area contributed by atoms with E-state index in [4.69, 9.17) is 19.6 Å². The van der Waals surface area contributed by atoms with Crippen LogP contribution in [0.5, 0.6) is 0 Å². The second-order valence-electron chi connectivity index (χ2n) is 3.28. The molecule has 0 spiro atoms. The van der Waals surface area contributed by atoms with Gasteiger partial charge in [-0.1, -0.05) is 0 Å². The Kier molecular flexibility index (Phi) is 3.90. The molecule has 0 aromatic carbocycles. The van der Waals surface area contributed by atoms with Crippen LogP contribution < -0.4 is 0 Å². The van der Waals surface area contributed by atoms with E-state index >= 15 is 0 Å². The van der Waals surface area contributed by atoms with Crippen molar-refractivity contribution in [1.82, 2.24) is 15.2 Å². The fraction of sp³-hybridized carbons (Fsp3) is 0.600. The molecule has 0 saturated heterocycles. The molecular formula is C5H11N3O7P2. The average Bonchev–Trinajstić information content (AvgIpc) is 2.62. The van der Waals surface area contributed by atoms with Crippen LogP contribution in [0.3, 0.4) is 0 Å². The molecular weight excluding hydrogens is 276 g/mol. The van der Waals surface area contributed by atoms with Crippen molar-refractivity contribution in [1.29, 1.82) is 0 Å². The zero-order valence-electron chi connectivity index (χ0n) is 8.33. The van der Waals surface area contributed by atoms with Crippen molar-refractivity contribution in [3.05, 3.63) is 12.2 Å². The molecule has 0 amide bonds. The first-order valence-corrected chi connectivity index (χ1v) is 7.49. The normalized spacial score (nSPS) is 13.9. The summed E-state index contributed by atoms with van der Waals surface area (Å²) < 4.78 is 21.9. The lowest BCUT2D eigenvalue weighted by atomic mass is 10.3. The van der Waals surface area contributed by atoms with E-state index in [0.29, 0.717) is 0 Å². The molecule has 1 aromatic heterocycles. The third kappa shape index (κ3) is 2.99. The summed E-state index contributed by atoms with van der Waals surface area (Å²) >= 11 is 0. The van der Waals surface area contributed by atoms with Crippen molar-refractivity contribution in [2.24, 2.45) is 0 Å². The topological polar surface area (TPSA) is 177 Å². The van der Waals surface area contributed by atoms with Crippen molar-refractivity contribution in [2.45, 2.75) is 17.9 Å². The number of nitrogens with one attached hydrogen (secondary N) is 1. The Morgan fingerprint density at radius 2 is 1.76 bits per heavy atom. The minimum atomic E-state index is -5.40. The summed E-state index contributed by atoms with van der Waals surface area (Å²) in [7, 11) is -10.8. The summed E-state index contributed by atoms with van der Waals surface area (Å²) in [6.07, 6.45) is 0.0268.